The van der Waals surface area contributed by atoms with E-state index < -0.39 is 0 Å². The van der Waals surface area contributed by atoms with E-state index in [1.54, 1.807) is 30.1 Å². The predicted octanol–water partition coefficient (Wildman–Crippen LogP) is 2.35. The molecule has 0 amide bonds. The average Bonchev–Trinajstić information content (AvgIpc) is 3.35. The number of rotatable bonds is 8. The van der Waals surface area contributed by atoms with Crippen LogP contribution in [-0.2, 0) is 4.74 Å². The normalized spacial score (nSPS) is 12.6. The third-order valence-corrected chi connectivity index (χ3v) is 4.66. The number of fused-ring (bicyclic) bond motifs is 2. The number of ether oxygens (including phenoxy) is 2. The van der Waals surface area contributed by atoms with Crippen LogP contribution in [0.25, 0.3) is 28.1 Å². The number of hydrogen-bond acceptors (Lipinski definition) is 8. The molecule has 2 N–H and O–H groups in total. The van der Waals surface area contributed by atoms with Crippen molar-refractivity contribution < 1.29 is 13.9 Å². The van der Waals surface area contributed by atoms with Crippen LogP contribution in [0.3, 0.4) is 0 Å². The third kappa shape index (κ3) is 3.74. The van der Waals surface area contributed by atoms with E-state index in [0.29, 0.717) is 30.4 Å². The molecule has 0 fully saturated rings. The molecule has 0 radical (unpaired) electrons. The van der Waals surface area contributed by atoms with Gasteiger partial charge in [0.1, 0.15) is 23.2 Å². The topological polar surface area (TPSA) is 104 Å². The fourth-order valence-corrected chi connectivity index (χ4v) is 3.05. The summed E-state index contributed by atoms with van der Waals surface area (Å²) < 4.78 is 18.7. The van der Waals surface area contributed by atoms with Crippen LogP contribution in [-0.4, -0.2) is 59.5 Å². The van der Waals surface area contributed by atoms with Gasteiger partial charge in [-0.15, -0.1) is 5.10 Å². The van der Waals surface area contributed by atoms with Gasteiger partial charge >= 0.3 is 0 Å². The number of nitrogens with zero attached hydrogens (tertiary/aromatic N) is 5. The highest BCUT2D eigenvalue weighted by molar-refractivity contribution is 5.91. The lowest BCUT2D eigenvalue weighted by molar-refractivity contribution is 0.206. The van der Waals surface area contributed by atoms with Crippen LogP contribution in [0.2, 0.25) is 0 Å². The first-order chi connectivity index (χ1) is 14.1. The Balaban J connectivity index is 1.74. The van der Waals surface area contributed by atoms with Crippen LogP contribution in [0, 0.1) is 0 Å². The van der Waals surface area contributed by atoms with Crippen molar-refractivity contribution in [1.29, 1.82) is 0 Å². The summed E-state index contributed by atoms with van der Waals surface area (Å²) in [6.45, 7) is 3.64. The van der Waals surface area contributed by atoms with Crippen molar-refractivity contribution in [2.75, 3.05) is 38.8 Å². The molecule has 0 bridgehead atoms. The van der Waals surface area contributed by atoms with Crippen molar-refractivity contribution in [1.82, 2.24) is 19.6 Å². The number of hydrogen-bond donors (Lipinski definition) is 1. The summed E-state index contributed by atoms with van der Waals surface area (Å²) in [7, 11) is 3.66. The first kappa shape index (κ1) is 19.2. The Morgan fingerprint density at radius 1 is 1.28 bits per heavy atom. The molecular weight excluding hydrogens is 372 g/mol. The van der Waals surface area contributed by atoms with E-state index in [9.17, 15) is 0 Å². The second kappa shape index (κ2) is 8.06. The number of aromatic nitrogens is 4. The summed E-state index contributed by atoms with van der Waals surface area (Å²) in [5.41, 5.74) is 7.81. The van der Waals surface area contributed by atoms with Crippen molar-refractivity contribution in [2.45, 2.75) is 13.0 Å². The zero-order valence-corrected chi connectivity index (χ0v) is 16.7. The minimum Gasteiger partial charge on any atom is -0.472 e. The van der Waals surface area contributed by atoms with E-state index in [2.05, 4.69) is 15.1 Å². The van der Waals surface area contributed by atoms with Crippen molar-refractivity contribution in [3.63, 3.8) is 0 Å². The maximum atomic E-state index is 6.10. The standard InChI is InChI=1S/C20H24N6O3/c1-13(11-21)28-19-5-4-18-23-12-15(26(18)24-19)17-10-14-16(29-17)6-7-22-20(14)25(2)8-9-27-3/h4-7,10,12-13H,8-9,11,21H2,1-3H3. The molecular formula is C20H24N6O3. The molecule has 152 valence electrons. The van der Waals surface area contributed by atoms with E-state index in [1.165, 1.54) is 0 Å². The first-order valence-electron chi connectivity index (χ1n) is 9.41. The molecule has 4 aromatic heterocycles. The number of nitrogens with two attached hydrogens (primary N) is 1. The minimum atomic E-state index is -0.130. The number of anilines is 1. The van der Waals surface area contributed by atoms with Crippen molar-refractivity contribution in [3.05, 3.63) is 36.7 Å². The second-order valence-corrected chi connectivity index (χ2v) is 6.82. The van der Waals surface area contributed by atoms with Crippen LogP contribution < -0.4 is 15.4 Å². The molecule has 9 nitrogen and oxygen atoms in total. The number of pyridine rings is 1. The monoisotopic (exact) mass is 396 g/mol. The number of furan rings is 1. The maximum absolute atomic E-state index is 6.10. The Bertz CT molecular complexity index is 1120. The van der Waals surface area contributed by atoms with Gasteiger partial charge in [-0.2, -0.15) is 0 Å². The fraction of sp³-hybridized carbons (Fsp3) is 0.350. The molecule has 0 aliphatic heterocycles. The molecule has 0 spiro atoms. The lowest BCUT2D eigenvalue weighted by atomic mass is 10.2. The molecule has 0 aliphatic carbocycles. The molecule has 4 aromatic rings. The van der Waals surface area contributed by atoms with Crippen molar-refractivity contribution in [2.24, 2.45) is 5.73 Å². The second-order valence-electron chi connectivity index (χ2n) is 6.82. The predicted molar refractivity (Wildman–Crippen MR) is 110 cm³/mol. The van der Waals surface area contributed by atoms with Crippen LogP contribution >= 0.6 is 0 Å². The maximum Gasteiger partial charge on any atom is 0.232 e. The molecule has 29 heavy (non-hydrogen) atoms. The first-order valence-corrected chi connectivity index (χ1v) is 9.41. The number of methoxy groups -OCH3 is 1. The fourth-order valence-electron chi connectivity index (χ4n) is 3.05. The van der Waals surface area contributed by atoms with Gasteiger partial charge in [-0.3, -0.25) is 0 Å². The summed E-state index contributed by atoms with van der Waals surface area (Å²) in [5.74, 6) is 1.96. The average molecular weight is 396 g/mol. The van der Waals surface area contributed by atoms with Crippen LogP contribution in [0.1, 0.15) is 6.92 Å². The van der Waals surface area contributed by atoms with Gasteiger partial charge < -0.3 is 24.5 Å². The molecule has 0 saturated heterocycles. The molecule has 1 atom stereocenters. The van der Waals surface area contributed by atoms with Gasteiger partial charge in [0, 0.05) is 39.5 Å². The third-order valence-electron chi connectivity index (χ3n) is 4.66. The molecule has 0 aromatic carbocycles. The highest BCUT2D eigenvalue weighted by atomic mass is 16.5. The molecule has 4 rings (SSSR count). The van der Waals surface area contributed by atoms with Crippen LogP contribution in [0.15, 0.2) is 41.1 Å². The molecule has 4 heterocycles. The molecule has 0 saturated carbocycles. The lowest BCUT2D eigenvalue weighted by Gasteiger charge is -2.17. The minimum absolute atomic E-state index is 0.130. The largest absolute Gasteiger partial charge is 0.472 e. The summed E-state index contributed by atoms with van der Waals surface area (Å²) in [6.07, 6.45) is 3.34. The molecule has 1 unspecified atom stereocenters. The Morgan fingerprint density at radius 3 is 2.93 bits per heavy atom. The number of imidazole rings is 1. The van der Waals surface area contributed by atoms with E-state index in [0.717, 1.165) is 29.0 Å². The van der Waals surface area contributed by atoms with Gasteiger partial charge in [0.25, 0.3) is 0 Å². The summed E-state index contributed by atoms with van der Waals surface area (Å²) in [4.78, 5) is 11.0. The van der Waals surface area contributed by atoms with Gasteiger partial charge in [0.15, 0.2) is 11.4 Å². The van der Waals surface area contributed by atoms with Crippen LogP contribution in [0.4, 0.5) is 5.82 Å². The van der Waals surface area contributed by atoms with Gasteiger partial charge in [-0.1, -0.05) is 0 Å². The number of likely N-dealkylation sites (N-methyl/N-ethyl adjacent to an activating group) is 1. The van der Waals surface area contributed by atoms with Crippen LogP contribution in [0.5, 0.6) is 5.88 Å². The molecule has 0 aliphatic rings. The zero-order valence-electron chi connectivity index (χ0n) is 16.7. The van der Waals surface area contributed by atoms with Crippen molar-refractivity contribution >= 4 is 22.4 Å². The van der Waals surface area contributed by atoms with E-state index in [-0.39, 0.29) is 6.10 Å². The Kier molecular flexibility index (Phi) is 5.32. The summed E-state index contributed by atoms with van der Waals surface area (Å²) >= 11 is 0. The SMILES string of the molecule is COCCN(C)c1nccc2oc(-c3cnc4ccc(OC(C)CN)nn34)cc12. The zero-order chi connectivity index (χ0) is 20.4. The Labute approximate surface area is 168 Å². The smallest absolute Gasteiger partial charge is 0.232 e. The highest BCUT2D eigenvalue weighted by Gasteiger charge is 2.17. The van der Waals surface area contributed by atoms with Gasteiger partial charge in [0.2, 0.25) is 5.88 Å². The molecule has 9 heteroatoms. The van der Waals surface area contributed by atoms with Gasteiger partial charge in [0.05, 0.1) is 18.2 Å². The quantitative estimate of drug-likeness (QED) is 0.484. The van der Waals surface area contributed by atoms with E-state index in [1.807, 2.05) is 37.1 Å². The Morgan fingerprint density at radius 2 is 2.14 bits per heavy atom. The van der Waals surface area contributed by atoms with E-state index in [4.69, 9.17) is 19.6 Å². The summed E-state index contributed by atoms with van der Waals surface area (Å²) in [5, 5.41) is 5.46. The van der Waals surface area contributed by atoms with Gasteiger partial charge in [-0.05, 0) is 25.1 Å². The summed E-state index contributed by atoms with van der Waals surface area (Å²) in [6, 6.07) is 7.44. The van der Waals surface area contributed by atoms with E-state index >= 15 is 0 Å². The van der Waals surface area contributed by atoms with Crippen molar-refractivity contribution in [3.8, 4) is 17.3 Å². The highest BCUT2D eigenvalue weighted by Crippen LogP contribution is 2.32. The van der Waals surface area contributed by atoms with Gasteiger partial charge in [-0.25, -0.2) is 14.5 Å². The lowest BCUT2D eigenvalue weighted by Crippen LogP contribution is -2.23. The Hall–Kier alpha value is -3.17.